The van der Waals surface area contributed by atoms with Gasteiger partial charge in [0.1, 0.15) is 0 Å². The van der Waals surface area contributed by atoms with Gasteiger partial charge in [0.25, 0.3) is 5.91 Å². The van der Waals surface area contributed by atoms with Crippen molar-refractivity contribution < 1.29 is 9.59 Å². The number of nitrogen functional groups attached to an aromatic ring is 2. The molecule has 1 heterocycles. The first-order chi connectivity index (χ1) is 9.99. The van der Waals surface area contributed by atoms with E-state index in [1.54, 1.807) is 30.1 Å². The first-order valence-electron chi connectivity index (χ1n) is 6.88. The maximum absolute atomic E-state index is 12.4. The quantitative estimate of drug-likeness (QED) is 0.642. The maximum Gasteiger partial charge on any atom is 0.254 e. The summed E-state index contributed by atoms with van der Waals surface area (Å²) in [4.78, 5) is 27.5. The van der Waals surface area contributed by atoms with Gasteiger partial charge in [0.2, 0.25) is 5.91 Å². The molecule has 7 heteroatoms. The number of carbonyl (C=O) groups excluding carboxylic acids is 2. The highest BCUT2D eigenvalue weighted by atomic mass is 16.2. The molecule has 0 atom stereocenters. The molecular weight excluding hydrogens is 270 g/mol. The van der Waals surface area contributed by atoms with E-state index in [1.807, 2.05) is 4.90 Å². The lowest BCUT2D eigenvalue weighted by Gasteiger charge is -2.34. The number of nitrogens with zero attached hydrogens (tertiary/aromatic N) is 2. The van der Waals surface area contributed by atoms with Crippen LogP contribution in [0, 0.1) is 0 Å². The first kappa shape index (κ1) is 15.1. The summed E-state index contributed by atoms with van der Waals surface area (Å²) in [6, 6.07) is 4.89. The molecule has 1 aliphatic heterocycles. The minimum absolute atomic E-state index is 0.0154. The van der Waals surface area contributed by atoms with Gasteiger partial charge in [-0.1, -0.05) is 0 Å². The fourth-order valence-corrected chi connectivity index (χ4v) is 2.37. The molecule has 0 radical (unpaired) electrons. The lowest BCUT2D eigenvalue weighted by Crippen LogP contribution is -2.50. The molecule has 2 rings (SSSR count). The zero-order chi connectivity index (χ0) is 15.4. The highest BCUT2D eigenvalue weighted by molar-refractivity contribution is 5.96. The highest BCUT2D eigenvalue weighted by Crippen LogP contribution is 2.16. The summed E-state index contributed by atoms with van der Waals surface area (Å²) >= 11 is 0. The SMILES string of the molecule is CNC(=O)CN1CCN(C(=O)c2cc(N)cc(N)c2)CC1. The fraction of sp³-hybridized carbons (Fsp3) is 0.429. The molecule has 1 saturated heterocycles. The fourth-order valence-electron chi connectivity index (χ4n) is 2.37. The summed E-state index contributed by atoms with van der Waals surface area (Å²) < 4.78 is 0. The number of carbonyl (C=O) groups is 2. The number of anilines is 2. The molecule has 1 aromatic carbocycles. The molecular formula is C14H21N5O2. The number of benzene rings is 1. The molecule has 21 heavy (non-hydrogen) atoms. The lowest BCUT2D eigenvalue weighted by atomic mass is 10.1. The Labute approximate surface area is 123 Å². The second kappa shape index (κ2) is 6.45. The number of hydrogen-bond acceptors (Lipinski definition) is 5. The monoisotopic (exact) mass is 291 g/mol. The molecule has 1 aliphatic rings. The van der Waals surface area contributed by atoms with Crippen LogP contribution in [0.15, 0.2) is 18.2 Å². The number of nitrogens with one attached hydrogen (secondary N) is 1. The van der Waals surface area contributed by atoms with Crippen molar-refractivity contribution in [3.8, 4) is 0 Å². The zero-order valence-corrected chi connectivity index (χ0v) is 12.1. The second-order valence-electron chi connectivity index (χ2n) is 5.13. The van der Waals surface area contributed by atoms with Crippen molar-refractivity contribution in [2.45, 2.75) is 0 Å². The van der Waals surface area contributed by atoms with Crippen molar-refractivity contribution in [1.82, 2.24) is 15.1 Å². The molecule has 0 aliphatic carbocycles. The minimum atomic E-state index is -0.0754. The lowest BCUT2D eigenvalue weighted by molar-refractivity contribution is -0.122. The highest BCUT2D eigenvalue weighted by Gasteiger charge is 2.23. The van der Waals surface area contributed by atoms with E-state index in [-0.39, 0.29) is 11.8 Å². The van der Waals surface area contributed by atoms with Crippen LogP contribution < -0.4 is 16.8 Å². The molecule has 7 nitrogen and oxygen atoms in total. The van der Waals surface area contributed by atoms with E-state index >= 15 is 0 Å². The summed E-state index contributed by atoms with van der Waals surface area (Å²) in [5.74, 6) is -0.0908. The maximum atomic E-state index is 12.4. The van der Waals surface area contributed by atoms with E-state index in [4.69, 9.17) is 11.5 Å². The van der Waals surface area contributed by atoms with Gasteiger partial charge in [-0.3, -0.25) is 14.5 Å². The van der Waals surface area contributed by atoms with Crippen LogP contribution in [0.2, 0.25) is 0 Å². The van der Waals surface area contributed by atoms with Gasteiger partial charge in [-0.15, -0.1) is 0 Å². The normalized spacial score (nSPS) is 15.8. The number of nitrogens with two attached hydrogens (primary N) is 2. The Morgan fingerprint density at radius 3 is 2.19 bits per heavy atom. The van der Waals surface area contributed by atoms with Crippen LogP contribution in [-0.4, -0.2) is 61.4 Å². The first-order valence-corrected chi connectivity index (χ1v) is 6.88. The van der Waals surface area contributed by atoms with Crippen LogP contribution >= 0.6 is 0 Å². The number of hydrogen-bond donors (Lipinski definition) is 3. The summed E-state index contributed by atoms with van der Waals surface area (Å²) in [5, 5.41) is 2.60. The van der Waals surface area contributed by atoms with Gasteiger partial charge in [-0.2, -0.15) is 0 Å². The van der Waals surface area contributed by atoms with E-state index in [0.29, 0.717) is 49.7 Å². The second-order valence-corrected chi connectivity index (χ2v) is 5.13. The topological polar surface area (TPSA) is 105 Å². The Bertz CT molecular complexity index is 518. The molecule has 0 unspecified atom stereocenters. The van der Waals surface area contributed by atoms with Crippen LogP contribution in [-0.2, 0) is 4.79 Å². The standard InChI is InChI=1S/C14H21N5O2/c1-17-13(20)9-18-2-4-19(5-3-18)14(21)10-6-11(15)8-12(16)7-10/h6-8H,2-5,9,15-16H2,1H3,(H,17,20). The van der Waals surface area contributed by atoms with Crippen LogP contribution in [0.4, 0.5) is 11.4 Å². The van der Waals surface area contributed by atoms with Gasteiger partial charge < -0.3 is 21.7 Å². The van der Waals surface area contributed by atoms with Crippen LogP contribution in [0.5, 0.6) is 0 Å². The Morgan fingerprint density at radius 2 is 1.67 bits per heavy atom. The minimum Gasteiger partial charge on any atom is -0.399 e. The summed E-state index contributed by atoms with van der Waals surface area (Å²) in [7, 11) is 1.62. The van der Waals surface area contributed by atoms with E-state index < -0.39 is 0 Å². The molecule has 1 fully saturated rings. The molecule has 2 amide bonds. The molecule has 0 aromatic heterocycles. The largest absolute Gasteiger partial charge is 0.399 e. The van der Waals surface area contributed by atoms with Gasteiger partial charge in [-0.05, 0) is 18.2 Å². The van der Waals surface area contributed by atoms with E-state index in [1.165, 1.54) is 0 Å². The number of amides is 2. The molecule has 5 N–H and O–H groups in total. The van der Waals surface area contributed by atoms with Gasteiger partial charge in [0, 0.05) is 50.2 Å². The average molecular weight is 291 g/mol. The van der Waals surface area contributed by atoms with Crippen LogP contribution in [0.1, 0.15) is 10.4 Å². The molecule has 0 bridgehead atoms. The van der Waals surface area contributed by atoms with Gasteiger partial charge in [0.05, 0.1) is 6.54 Å². The zero-order valence-electron chi connectivity index (χ0n) is 12.1. The number of piperazine rings is 1. The Morgan fingerprint density at radius 1 is 1.10 bits per heavy atom. The summed E-state index contributed by atoms with van der Waals surface area (Å²) in [6.45, 7) is 2.90. The molecule has 1 aromatic rings. The third-order valence-electron chi connectivity index (χ3n) is 3.53. The third kappa shape index (κ3) is 3.85. The third-order valence-corrected chi connectivity index (χ3v) is 3.53. The molecule has 114 valence electrons. The van der Waals surface area contributed by atoms with Gasteiger partial charge in [-0.25, -0.2) is 0 Å². The van der Waals surface area contributed by atoms with Gasteiger partial charge >= 0.3 is 0 Å². The predicted octanol–water partition coefficient (Wildman–Crippen LogP) is -0.645. The molecule has 0 saturated carbocycles. The van der Waals surface area contributed by atoms with Crippen LogP contribution in [0.25, 0.3) is 0 Å². The van der Waals surface area contributed by atoms with E-state index in [9.17, 15) is 9.59 Å². The van der Waals surface area contributed by atoms with Crippen molar-refractivity contribution in [2.75, 3.05) is 51.2 Å². The van der Waals surface area contributed by atoms with E-state index in [0.717, 1.165) is 0 Å². The Balaban J connectivity index is 1.95. The van der Waals surface area contributed by atoms with E-state index in [2.05, 4.69) is 5.32 Å². The number of rotatable bonds is 3. The van der Waals surface area contributed by atoms with Crippen molar-refractivity contribution in [3.63, 3.8) is 0 Å². The van der Waals surface area contributed by atoms with Gasteiger partial charge in [0.15, 0.2) is 0 Å². The Kier molecular flexibility index (Phi) is 4.64. The predicted molar refractivity (Wildman–Crippen MR) is 81.7 cm³/mol. The van der Waals surface area contributed by atoms with Crippen molar-refractivity contribution >= 4 is 23.2 Å². The van der Waals surface area contributed by atoms with Crippen molar-refractivity contribution in [3.05, 3.63) is 23.8 Å². The molecule has 0 spiro atoms. The van der Waals surface area contributed by atoms with Crippen LogP contribution in [0.3, 0.4) is 0 Å². The Hall–Kier alpha value is -2.28. The van der Waals surface area contributed by atoms with Crippen molar-refractivity contribution in [2.24, 2.45) is 0 Å². The van der Waals surface area contributed by atoms with Crippen molar-refractivity contribution in [1.29, 1.82) is 0 Å². The number of likely N-dealkylation sites (N-methyl/N-ethyl adjacent to an activating group) is 1. The summed E-state index contributed by atoms with van der Waals surface area (Å²) in [5.41, 5.74) is 12.9. The smallest absolute Gasteiger partial charge is 0.254 e. The summed E-state index contributed by atoms with van der Waals surface area (Å²) in [6.07, 6.45) is 0. The average Bonchev–Trinajstić information content (AvgIpc) is 2.46.